The zero-order valence-corrected chi connectivity index (χ0v) is 70.5. The molecule has 0 bridgehead atoms. The number of carbonyl (C=O) groups is 4. The lowest BCUT2D eigenvalue weighted by molar-refractivity contribution is -0.161. The maximum Gasteiger partial charge on any atom is 0.472 e. The molecule has 0 aliphatic heterocycles. The topological polar surface area (TPSA) is 237 Å². The Hall–Kier alpha value is -1.94. The van der Waals surface area contributed by atoms with Crippen LogP contribution in [0.5, 0.6) is 0 Å². The van der Waals surface area contributed by atoms with Crippen molar-refractivity contribution >= 4 is 39.5 Å². The molecule has 0 rings (SSSR count). The third kappa shape index (κ3) is 79.9. The molecule has 3 N–H and O–H groups in total. The highest BCUT2D eigenvalue weighted by atomic mass is 31.2. The summed E-state index contributed by atoms with van der Waals surface area (Å²) < 4.78 is 68.8. The Labute approximate surface area is 645 Å². The number of aliphatic hydroxyl groups excluding tert-OH is 1. The smallest absolute Gasteiger partial charge is 0.462 e. The van der Waals surface area contributed by atoms with Gasteiger partial charge in [0.05, 0.1) is 26.4 Å². The molecule has 624 valence electrons. The lowest BCUT2D eigenvalue weighted by atomic mass is 10.0. The first kappa shape index (κ1) is 103. The van der Waals surface area contributed by atoms with E-state index < -0.39 is 97.5 Å². The highest BCUT2D eigenvalue weighted by Crippen LogP contribution is 2.45. The van der Waals surface area contributed by atoms with Crippen LogP contribution in [0.2, 0.25) is 0 Å². The summed E-state index contributed by atoms with van der Waals surface area (Å²) in [6.07, 6.45) is 75.1. The summed E-state index contributed by atoms with van der Waals surface area (Å²) in [6.45, 7) is 5.04. The average Bonchev–Trinajstić information content (AvgIpc) is 0.905. The zero-order valence-electron chi connectivity index (χ0n) is 68.7. The minimum absolute atomic E-state index is 0.109. The van der Waals surface area contributed by atoms with E-state index in [0.717, 1.165) is 89.9 Å². The molecule has 5 atom stereocenters. The summed E-state index contributed by atoms with van der Waals surface area (Å²) in [6, 6.07) is 0. The maximum atomic E-state index is 13.1. The van der Waals surface area contributed by atoms with E-state index in [1.165, 1.54) is 302 Å². The maximum absolute atomic E-state index is 13.1. The van der Waals surface area contributed by atoms with E-state index in [-0.39, 0.29) is 25.7 Å². The predicted octanol–water partition coefficient (Wildman–Crippen LogP) is 26.5. The van der Waals surface area contributed by atoms with Gasteiger partial charge in [0.15, 0.2) is 12.2 Å². The molecule has 0 spiro atoms. The summed E-state index contributed by atoms with van der Waals surface area (Å²) in [5, 5.41) is 10.7. The Bertz CT molecular complexity index is 1980. The number of carbonyl (C=O) groups excluding carboxylic acids is 4. The third-order valence-electron chi connectivity index (χ3n) is 20.4. The monoisotopic (exact) mass is 1540 g/mol. The first-order chi connectivity index (χ1) is 51.2. The molecule has 0 heterocycles. The molecule has 0 aliphatic carbocycles. The Morgan fingerprint density at radius 1 is 0.229 bits per heavy atom. The third-order valence-corrected chi connectivity index (χ3v) is 22.3. The molecular formula is C86H168O17P2. The van der Waals surface area contributed by atoms with E-state index in [9.17, 15) is 43.2 Å². The summed E-state index contributed by atoms with van der Waals surface area (Å²) in [5.41, 5.74) is 0. The van der Waals surface area contributed by atoms with Crippen molar-refractivity contribution in [3.05, 3.63) is 0 Å². The van der Waals surface area contributed by atoms with Crippen LogP contribution >= 0.6 is 15.6 Å². The molecule has 0 amide bonds. The molecule has 19 heteroatoms. The Balaban J connectivity index is 5.19. The van der Waals surface area contributed by atoms with Crippen molar-refractivity contribution in [1.29, 1.82) is 0 Å². The van der Waals surface area contributed by atoms with Gasteiger partial charge in [0.25, 0.3) is 0 Å². The van der Waals surface area contributed by atoms with Crippen molar-refractivity contribution in [2.45, 2.75) is 489 Å². The van der Waals surface area contributed by atoms with E-state index >= 15 is 0 Å². The van der Waals surface area contributed by atoms with Crippen molar-refractivity contribution in [3.8, 4) is 0 Å². The van der Waals surface area contributed by atoms with E-state index in [0.29, 0.717) is 25.7 Å². The van der Waals surface area contributed by atoms with Crippen molar-refractivity contribution in [3.63, 3.8) is 0 Å². The van der Waals surface area contributed by atoms with Gasteiger partial charge in [0, 0.05) is 25.7 Å². The van der Waals surface area contributed by atoms with Gasteiger partial charge in [-0.25, -0.2) is 9.13 Å². The number of unbranched alkanes of at least 4 members (excludes halogenated alkanes) is 61. The minimum Gasteiger partial charge on any atom is -0.462 e. The number of esters is 4. The Morgan fingerprint density at radius 2 is 0.381 bits per heavy atom. The number of hydrogen-bond acceptors (Lipinski definition) is 15. The van der Waals surface area contributed by atoms with Crippen LogP contribution in [-0.2, 0) is 65.4 Å². The predicted molar refractivity (Wildman–Crippen MR) is 432 cm³/mol. The SMILES string of the molecule is CCCCCCCCCCCCCCCCCCCCCCCC(=O)O[C@H](COC(=O)CCCCCCCCCCCCCCCCCCCCCC)COP(=O)(O)OC[C@@H](O)COP(=O)(O)OC[C@@H](COC(=O)CCCCCCCCCCC)OC(=O)CCCCCCCCCCCCCCCCC. The van der Waals surface area contributed by atoms with Crippen LogP contribution in [0.15, 0.2) is 0 Å². The second-order valence-electron chi connectivity index (χ2n) is 30.9. The van der Waals surface area contributed by atoms with Crippen molar-refractivity contribution in [2.24, 2.45) is 0 Å². The molecule has 17 nitrogen and oxygen atoms in total. The van der Waals surface area contributed by atoms with Gasteiger partial charge in [-0.2, -0.15) is 0 Å². The molecule has 0 radical (unpaired) electrons. The fourth-order valence-electron chi connectivity index (χ4n) is 13.5. The lowest BCUT2D eigenvalue weighted by Gasteiger charge is -2.21. The van der Waals surface area contributed by atoms with Gasteiger partial charge in [0.1, 0.15) is 19.3 Å². The van der Waals surface area contributed by atoms with Crippen LogP contribution in [0.1, 0.15) is 471 Å². The molecule has 0 saturated carbocycles. The highest BCUT2D eigenvalue weighted by Gasteiger charge is 2.30. The van der Waals surface area contributed by atoms with Gasteiger partial charge < -0.3 is 33.8 Å². The number of aliphatic hydroxyl groups is 1. The van der Waals surface area contributed by atoms with Crippen LogP contribution in [0, 0.1) is 0 Å². The van der Waals surface area contributed by atoms with Gasteiger partial charge in [0.2, 0.25) is 0 Å². The van der Waals surface area contributed by atoms with Gasteiger partial charge in [-0.3, -0.25) is 37.3 Å². The van der Waals surface area contributed by atoms with E-state index in [4.69, 9.17) is 37.0 Å². The number of rotatable bonds is 87. The van der Waals surface area contributed by atoms with E-state index in [1.807, 2.05) is 0 Å². The van der Waals surface area contributed by atoms with Crippen molar-refractivity contribution < 1.29 is 80.2 Å². The molecule has 0 saturated heterocycles. The second-order valence-corrected chi connectivity index (χ2v) is 33.8. The summed E-state index contributed by atoms with van der Waals surface area (Å²) in [4.78, 5) is 73.1. The highest BCUT2D eigenvalue weighted by molar-refractivity contribution is 7.47. The van der Waals surface area contributed by atoms with Crippen LogP contribution < -0.4 is 0 Å². The molecular weight excluding hydrogens is 1370 g/mol. The van der Waals surface area contributed by atoms with Crippen molar-refractivity contribution in [2.75, 3.05) is 39.6 Å². The fraction of sp³-hybridized carbons (Fsp3) is 0.953. The molecule has 0 aromatic carbocycles. The standard InChI is InChI=1S/C86H168O17P2/c1-5-9-13-17-21-25-28-31-34-36-38-40-42-44-47-50-53-57-61-65-69-73-86(91)103-82(77-97-84(89)71-67-63-59-55-51-48-46-43-41-39-37-35-32-29-26-22-18-14-10-6-2)79-101-105(94,95)99-75-80(87)74-98-104(92,93)100-78-81(76-96-83(88)70-66-62-58-54-24-20-16-12-8-4)102-85(90)72-68-64-60-56-52-49-45-33-30-27-23-19-15-11-7-3/h80-82,87H,5-79H2,1-4H3,(H,92,93)(H,94,95)/t80-,81+,82+/m0/s1. The Kier molecular flexibility index (Phi) is 78.6. The Morgan fingerprint density at radius 3 is 0.562 bits per heavy atom. The van der Waals surface area contributed by atoms with E-state index in [2.05, 4.69) is 27.7 Å². The number of phosphoric acid groups is 2. The van der Waals surface area contributed by atoms with Crippen LogP contribution in [0.3, 0.4) is 0 Å². The normalized spacial score (nSPS) is 13.7. The summed E-state index contributed by atoms with van der Waals surface area (Å²) >= 11 is 0. The first-order valence-corrected chi connectivity index (χ1v) is 47.8. The van der Waals surface area contributed by atoms with Crippen molar-refractivity contribution in [1.82, 2.24) is 0 Å². The molecule has 105 heavy (non-hydrogen) atoms. The van der Waals surface area contributed by atoms with Crippen LogP contribution in [0.4, 0.5) is 0 Å². The molecule has 0 aromatic rings. The quantitative estimate of drug-likeness (QED) is 0.0222. The minimum atomic E-state index is -4.96. The van der Waals surface area contributed by atoms with Crippen LogP contribution in [-0.4, -0.2) is 96.7 Å². The zero-order chi connectivity index (χ0) is 76.7. The van der Waals surface area contributed by atoms with Gasteiger partial charge in [-0.1, -0.05) is 419 Å². The number of ether oxygens (including phenoxy) is 4. The molecule has 0 aliphatic rings. The van der Waals surface area contributed by atoms with Gasteiger partial charge >= 0.3 is 39.5 Å². The molecule has 0 fully saturated rings. The van der Waals surface area contributed by atoms with E-state index in [1.54, 1.807) is 0 Å². The van der Waals surface area contributed by atoms with Gasteiger partial charge in [-0.05, 0) is 25.7 Å². The summed E-state index contributed by atoms with van der Waals surface area (Å²) in [5.74, 6) is -2.10. The fourth-order valence-corrected chi connectivity index (χ4v) is 15.1. The molecule has 2 unspecified atom stereocenters. The van der Waals surface area contributed by atoms with Gasteiger partial charge in [-0.15, -0.1) is 0 Å². The van der Waals surface area contributed by atoms with Crippen LogP contribution in [0.25, 0.3) is 0 Å². The molecule has 0 aromatic heterocycles. The second kappa shape index (κ2) is 80.1. The number of phosphoric ester groups is 2. The number of hydrogen-bond donors (Lipinski definition) is 3. The average molecular weight is 1540 g/mol. The largest absolute Gasteiger partial charge is 0.472 e. The summed E-state index contributed by atoms with van der Waals surface area (Å²) in [7, 11) is -9.92. The lowest BCUT2D eigenvalue weighted by Crippen LogP contribution is -2.30. The first-order valence-electron chi connectivity index (χ1n) is 44.8.